The van der Waals surface area contributed by atoms with Gasteiger partial charge in [-0.25, -0.2) is 8.42 Å². The van der Waals surface area contributed by atoms with Crippen LogP contribution in [0.4, 0.5) is 49.6 Å². The average molecular weight is 592 g/mol. The molecule has 4 N–H and O–H groups in total. The zero-order valence-corrected chi connectivity index (χ0v) is 21.3. The van der Waals surface area contributed by atoms with Crippen LogP contribution >= 0.6 is 0 Å². The number of sulfonamides is 1. The summed E-state index contributed by atoms with van der Waals surface area (Å²) in [7, 11) is -3.80. The van der Waals surface area contributed by atoms with E-state index < -0.39 is 40.6 Å². The number of piperidine rings is 1. The molecule has 2 aromatic carbocycles. The molecular formula is C23H23F6N7O3S. The van der Waals surface area contributed by atoms with E-state index in [1.165, 1.54) is 28.6 Å². The number of anilines is 4. The van der Waals surface area contributed by atoms with Gasteiger partial charge in [0.15, 0.2) is 6.61 Å². The van der Waals surface area contributed by atoms with Gasteiger partial charge >= 0.3 is 18.4 Å². The molecule has 0 radical (unpaired) electrons. The molecule has 1 aliphatic heterocycles. The Morgan fingerprint density at radius 2 is 1.62 bits per heavy atom. The summed E-state index contributed by atoms with van der Waals surface area (Å²) < 4.78 is 109. The molecule has 0 atom stereocenters. The van der Waals surface area contributed by atoms with Gasteiger partial charge in [-0.15, -0.1) is 0 Å². The highest BCUT2D eigenvalue weighted by Gasteiger charge is 2.32. The molecule has 216 valence electrons. The van der Waals surface area contributed by atoms with Gasteiger partial charge < -0.3 is 21.1 Å². The summed E-state index contributed by atoms with van der Waals surface area (Å²) in [6.07, 6.45) is -8.73. The molecule has 2 heterocycles. The number of alkyl halides is 6. The van der Waals surface area contributed by atoms with E-state index in [0.29, 0.717) is 18.5 Å². The van der Waals surface area contributed by atoms with E-state index in [1.807, 2.05) is 0 Å². The highest BCUT2D eigenvalue weighted by molar-refractivity contribution is 7.89. The summed E-state index contributed by atoms with van der Waals surface area (Å²) >= 11 is 0. The smallest absolute Gasteiger partial charge is 0.422 e. The molecule has 1 aromatic heterocycles. The lowest BCUT2D eigenvalue weighted by Crippen LogP contribution is -2.42. The van der Waals surface area contributed by atoms with Crippen molar-refractivity contribution in [2.24, 2.45) is 0 Å². The number of nitrogens with zero attached hydrogens (tertiary/aromatic N) is 4. The van der Waals surface area contributed by atoms with Gasteiger partial charge in [-0.3, -0.25) is 0 Å². The minimum Gasteiger partial charge on any atom is -0.454 e. The summed E-state index contributed by atoms with van der Waals surface area (Å²) in [4.78, 5) is 11.7. The second kappa shape index (κ2) is 11.3. The zero-order chi connectivity index (χ0) is 29.1. The van der Waals surface area contributed by atoms with Crippen LogP contribution in [-0.2, 0) is 16.2 Å². The average Bonchev–Trinajstić information content (AvgIpc) is 2.87. The number of aromatic nitrogens is 3. The maximum atomic E-state index is 13.1. The first-order valence-corrected chi connectivity index (χ1v) is 13.2. The van der Waals surface area contributed by atoms with Gasteiger partial charge in [0, 0.05) is 30.5 Å². The normalized spacial score (nSPS) is 15.6. The van der Waals surface area contributed by atoms with Crippen molar-refractivity contribution in [3.63, 3.8) is 0 Å². The van der Waals surface area contributed by atoms with E-state index in [9.17, 15) is 34.8 Å². The number of hydrogen-bond donors (Lipinski definition) is 3. The molecule has 40 heavy (non-hydrogen) atoms. The number of rotatable bonds is 8. The van der Waals surface area contributed by atoms with Gasteiger partial charge in [-0.1, -0.05) is 12.1 Å². The van der Waals surface area contributed by atoms with E-state index in [2.05, 4.69) is 30.3 Å². The van der Waals surface area contributed by atoms with Crippen LogP contribution in [0.25, 0.3) is 0 Å². The minimum atomic E-state index is -4.70. The Kier molecular flexibility index (Phi) is 8.25. The Morgan fingerprint density at radius 3 is 2.27 bits per heavy atom. The first kappa shape index (κ1) is 29.1. The maximum Gasteiger partial charge on any atom is 0.422 e. The van der Waals surface area contributed by atoms with E-state index >= 15 is 0 Å². The van der Waals surface area contributed by atoms with Crippen LogP contribution < -0.4 is 21.1 Å². The van der Waals surface area contributed by atoms with Crippen molar-refractivity contribution >= 4 is 33.3 Å². The quantitative estimate of drug-likeness (QED) is 0.257. The number of nitrogens with two attached hydrogens (primary N) is 1. The molecule has 3 aromatic rings. The van der Waals surface area contributed by atoms with E-state index in [-0.39, 0.29) is 41.6 Å². The van der Waals surface area contributed by atoms with Crippen molar-refractivity contribution in [3.8, 4) is 6.01 Å². The number of benzene rings is 2. The van der Waals surface area contributed by atoms with E-state index in [1.54, 1.807) is 6.07 Å². The Hall–Kier alpha value is -3.86. The van der Waals surface area contributed by atoms with Crippen LogP contribution in [0.15, 0.2) is 53.4 Å². The summed E-state index contributed by atoms with van der Waals surface area (Å²) in [5.74, 6) is -0.575. The van der Waals surface area contributed by atoms with Crippen LogP contribution in [0.2, 0.25) is 0 Å². The molecule has 0 aliphatic carbocycles. The van der Waals surface area contributed by atoms with Gasteiger partial charge in [-0.05, 0) is 49.2 Å². The Morgan fingerprint density at radius 1 is 0.950 bits per heavy atom. The monoisotopic (exact) mass is 591 g/mol. The molecule has 10 nitrogen and oxygen atoms in total. The lowest BCUT2D eigenvalue weighted by Gasteiger charge is -2.31. The third-order valence-corrected chi connectivity index (χ3v) is 7.60. The molecule has 0 spiro atoms. The molecule has 1 aliphatic rings. The number of hydrogen-bond acceptors (Lipinski definition) is 9. The van der Waals surface area contributed by atoms with Gasteiger partial charge in [-0.2, -0.15) is 45.6 Å². The summed E-state index contributed by atoms with van der Waals surface area (Å²) in [5.41, 5.74) is 4.96. The van der Waals surface area contributed by atoms with Gasteiger partial charge in [0.25, 0.3) is 0 Å². The zero-order valence-electron chi connectivity index (χ0n) is 20.5. The second-order valence-electron chi connectivity index (χ2n) is 8.77. The molecule has 0 unspecified atom stereocenters. The third kappa shape index (κ3) is 7.62. The Labute approximate surface area is 224 Å². The van der Waals surface area contributed by atoms with Gasteiger partial charge in [0.05, 0.1) is 10.5 Å². The van der Waals surface area contributed by atoms with Crippen LogP contribution in [0.1, 0.15) is 18.4 Å². The highest BCUT2D eigenvalue weighted by atomic mass is 32.2. The highest BCUT2D eigenvalue weighted by Crippen LogP contribution is 2.31. The molecular weight excluding hydrogens is 568 g/mol. The van der Waals surface area contributed by atoms with Crippen LogP contribution in [0.3, 0.4) is 0 Å². The van der Waals surface area contributed by atoms with Crippen LogP contribution in [0, 0.1) is 0 Å². The fraction of sp³-hybridized carbons (Fsp3) is 0.348. The first-order chi connectivity index (χ1) is 18.7. The Bertz CT molecular complexity index is 1450. The topological polar surface area (TPSA) is 135 Å². The predicted molar refractivity (Wildman–Crippen MR) is 132 cm³/mol. The van der Waals surface area contributed by atoms with Crippen molar-refractivity contribution in [1.82, 2.24) is 19.3 Å². The van der Waals surface area contributed by atoms with Crippen molar-refractivity contribution in [3.05, 3.63) is 54.1 Å². The number of nitrogens with one attached hydrogen (secondary N) is 2. The van der Waals surface area contributed by atoms with Gasteiger partial charge in [0.1, 0.15) is 0 Å². The number of nitrogen functional groups attached to an aromatic ring is 1. The summed E-state index contributed by atoms with van der Waals surface area (Å²) in [5, 5.41) is 5.44. The molecule has 1 fully saturated rings. The summed E-state index contributed by atoms with van der Waals surface area (Å²) in [6.45, 7) is -1.47. The standard InChI is InChI=1S/C23H23F6N7O3S/c24-22(25,26)13-39-21-34-19(33-20(35-21)32-17-5-1-3-14(11-17)23(27,28)29)31-16-7-9-36(10-8-16)40(37,38)18-6-2-4-15(30)12-18/h1-6,11-12,16H,7-10,13,30H2,(H2,31,32,33,34,35). The Balaban J connectivity index is 1.49. The third-order valence-electron chi connectivity index (χ3n) is 5.71. The lowest BCUT2D eigenvalue weighted by molar-refractivity contribution is -0.154. The van der Waals surface area contributed by atoms with Crippen molar-refractivity contribution in [2.45, 2.75) is 36.1 Å². The molecule has 0 bridgehead atoms. The molecule has 4 rings (SSSR count). The molecule has 17 heteroatoms. The van der Waals surface area contributed by atoms with Crippen molar-refractivity contribution < 1.29 is 39.5 Å². The second-order valence-corrected chi connectivity index (χ2v) is 10.7. The molecule has 1 saturated heterocycles. The van der Waals surface area contributed by atoms with E-state index in [4.69, 9.17) is 5.73 Å². The SMILES string of the molecule is Nc1cccc(S(=O)(=O)N2CCC(Nc3nc(Nc4cccc(C(F)(F)F)c4)nc(OCC(F)(F)F)n3)CC2)c1. The largest absolute Gasteiger partial charge is 0.454 e. The number of ether oxygens (including phenoxy) is 1. The van der Waals surface area contributed by atoms with Crippen molar-refractivity contribution in [2.75, 3.05) is 36.1 Å². The van der Waals surface area contributed by atoms with Gasteiger partial charge in [0.2, 0.25) is 21.9 Å². The van der Waals surface area contributed by atoms with Crippen molar-refractivity contribution in [1.29, 1.82) is 0 Å². The fourth-order valence-electron chi connectivity index (χ4n) is 3.84. The predicted octanol–water partition coefficient (Wildman–Crippen LogP) is 4.42. The van der Waals surface area contributed by atoms with Crippen LogP contribution in [-0.4, -0.2) is 59.6 Å². The number of halogens is 6. The van der Waals surface area contributed by atoms with Crippen LogP contribution in [0.5, 0.6) is 6.01 Å². The lowest BCUT2D eigenvalue weighted by atomic mass is 10.1. The fourth-order valence-corrected chi connectivity index (χ4v) is 5.36. The maximum absolute atomic E-state index is 13.1. The van der Waals surface area contributed by atoms with E-state index in [0.717, 1.165) is 18.2 Å². The first-order valence-electron chi connectivity index (χ1n) is 11.7. The molecule has 0 saturated carbocycles. The summed E-state index contributed by atoms with van der Waals surface area (Å²) in [6, 6.07) is 8.84. The molecule has 0 amide bonds. The minimum absolute atomic E-state index is 0.0492.